The maximum atomic E-state index is 9.81. The van der Waals surface area contributed by atoms with Gasteiger partial charge in [-0.05, 0) is 25.8 Å². The van der Waals surface area contributed by atoms with Gasteiger partial charge in [0.2, 0.25) is 0 Å². The van der Waals surface area contributed by atoms with E-state index >= 15 is 0 Å². The highest BCUT2D eigenvalue weighted by atomic mass is 16.5. The van der Waals surface area contributed by atoms with Crippen LogP contribution in [-0.2, 0) is 24.1 Å². The third-order valence-electron chi connectivity index (χ3n) is 2.68. The summed E-state index contributed by atoms with van der Waals surface area (Å²) in [6, 6.07) is 2.08. The van der Waals surface area contributed by atoms with E-state index in [4.69, 9.17) is 4.74 Å². The Kier molecular flexibility index (Phi) is 5.49. The Morgan fingerprint density at radius 1 is 1.50 bits per heavy atom. The number of rotatable bonds is 7. The standard InChI is InChI=1S/C12H22N2O2/c1-4-10-8-11(14(5-2)13-10)9-12(15)6-7-16-3/h8,12,15H,4-7,9H2,1-3H3. The van der Waals surface area contributed by atoms with Crippen LogP contribution in [-0.4, -0.2) is 34.7 Å². The van der Waals surface area contributed by atoms with Gasteiger partial charge in [0.15, 0.2) is 0 Å². The van der Waals surface area contributed by atoms with Gasteiger partial charge in [-0.15, -0.1) is 0 Å². The number of hydrogen-bond acceptors (Lipinski definition) is 3. The molecule has 1 rings (SSSR count). The lowest BCUT2D eigenvalue weighted by molar-refractivity contribution is 0.109. The lowest BCUT2D eigenvalue weighted by atomic mass is 10.1. The van der Waals surface area contributed by atoms with E-state index in [0.29, 0.717) is 19.4 Å². The third-order valence-corrected chi connectivity index (χ3v) is 2.68. The Labute approximate surface area is 97.2 Å². The van der Waals surface area contributed by atoms with Crippen LogP contribution >= 0.6 is 0 Å². The molecule has 1 N–H and O–H groups in total. The molecule has 1 aromatic rings. The van der Waals surface area contributed by atoms with Gasteiger partial charge in [-0.3, -0.25) is 4.68 Å². The minimum atomic E-state index is -0.341. The number of aryl methyl sites for hydroxylation is 2. The van der Waals surface area contributed by atoms with E-state index in [2.05, 4.69) is 25.0 Å². The second-order valence-corrected chi connectivity index (χ2v) is 3.94. The van der Waals surface area contributed by atoms with E-state index in [9.17, 15) is 5.11 Å². The molecule has 0 aromatic carbocycles. The second-order valence-electron chi connectivity index (χ2n) is 3.94. The molecule has 92 valence electrons. The monoisotopic (exact) mass is 226 g/mol. The van der Waals surface area contributed by atoms with Gasteiger partial charge in [0.25, 0.3) is 0 Å². The van der Waals surface area contributed by atoms with Gasteiger partial charge in [0, 0.05) is 32.4 Å². The zero-order valence-corrected chi connectivity index (χ0v) is 10.4. The molecular formula is C12H22N2O2. The average molecular weight is 226 g/mol. The summed E-state index contributed by atoms with van der Waals surface area (Å²) in [5, 5.41) is 14.3. The summed E-state index contributed by atoms with van der Waals surface area (Å²) in [4.78, 5) is 0. The van der Waals surface area contributed by atoms with E-state index in [1.54, 1.807) is 7.11 Å². The molecule has 1 unspecified atom stereocenters. The van der Waals surface area contributed by atoms with Crippen LogP contribution in [0.3, 0.4) is 0 Å². The van der Waals surface area contributed by atoms with Crippen molar-refractivity contribution < 1.29 is 9.84 Å². The largest absolute Gasteiger partial charge is 0.393 e. The summed E-state index contributed by atoms with van der Waals surface area (Å²) in [6.45, 7) is 5.61. The van der Waals surface area contributed by atoms with Crippen molar-refractivity contribution in [1.82, 2.24) is 9.78 Å². The van der Waals surface area contributed by atoms with E-state index in [1.807, 2.05) is 4.68 Å². The molecule has 0 aliphatic carbocycles. The molecule has 4 heteroatoms. The zero-order valence-electron chi connectivity index (χ0n) is 10.4. The molecule has 0 amide bonds. The van der Waals surface area contributed by atoms with Crippen molar-refractivity contribution in [3.63, 3.8) is 0 Å². The van der Waals surface area contributed by atoms with Gasteiger partial charge >= 0.3 is 0 Å². The van der Waals surface area contributed by atoms with Crippen molar-refractivity contribution in [3.05, 3.63) is 17.5 Å². The molecule has 0 radical (unpaired) electrons. The van der Waals surface area contributed by atoms with E-state index < -0.39 is 0 Å². The van der Waals surface area contributed by atoms with Crippen LogP contribution < -0.4 is 0 Å². The third kappa shape index (κ3) is 3.61. The predicted molar refractivity (Wildman–Crippen MR) is 63.5 cm³/mol. The molecule has 0 saturated heterocycles. The Morgan fingerprint density at radius 2 is 2.25 bits per heavy atom. The van der Waals surface area contributed by atoms with Crippen LogP contribution in [0.15, 0.2) is 6.07 Å². The van der Waals surface area contributed by atoms with Crippen LogP contribution in [0.4, 0.5) is 0 Å². The highest BCUT2D eigenvalue weighted by molar-refractivity contribution is 5.11. The molecule has 4 nitrogen and oxygen atoms in total. The Bertz CT molecular complexity index is 310. The first-order valence-electron chi connectivity index (χ1n) is 5.93. The first kappa shape index (κ1) is 13.2. The minimum absolute atomic E-state index is 0.341. The maximum absolute atomic E-state index is 9.81. The molecule has 1 heterocycles. The molecule has 0 aliphatic rings. The number of methoxy groups -OCH3 is 1. The van der Waals surface area contributed by atoms with Crippen molar-refractivity contribution >= 4 is 0 Å². The van der Waals surface area contributed by atoms with Crippen LogP contribution in [0.5, 0.6) is 0 Å². The SMILES string of the molecule is CCc1cc(CC(O)CCOC)n(CC)n1. The lowest BCUT2D eigenvalue weighted by Gasteiger charge is -2.10. The molecule has 0 spiro atoms. The van der Waals surface area contributed by atoms with Crippen molar-refractivity contribution in [3.8, 4) is 0 Å². The molecule has 0 fully saturated rings. The quantitative estimate of drug-likeness (QED) is 0.764. The normalized spacial score (nSPS) is 13.0. The summed E-state index contributed by atoms with van der Waals surface area (Å²) in [6.07, 6.45) is 1.93. The van der Waals surface area contributed by atoms with Gasteiger partial charge < -0.3 is 9.84 Å². The Morgan fingerprint density at radius 3 is 2.81 bits per heavy atom. The van der Waals surface area contributed by atoms with E-state index in [0.717, 1.165) is 24.4 Å². The summed E-state index contributed by atoms with van der Waals surface area (Å²) < 4.78 is 6.92. The molecular weight excluding hydrogens is 204 g/mol. The summed E-state index contributed by atoms with van der Waals surface area (Å²) in [7, 11) is 1.65. The predicted octanol–water partition coefficient (Wildman–Crippen LogP) is 1.41. The first-order valence-corrected chi connectivity index (χ1v) is 5.93. The number of aromatic nitrogens is 2. The summed E-state index contributed by atoms with van der Waals surface area (Å²) in [5.41, 5.74) is 2.21. The molecule has 1 atom stereocenters. The summed E-state index contributed by atoms with van der Waals surface area (Å²) in [5.74, 6) is 0. The fourth-order valence-electron chi connectivity index (χ4n) is 1.72. The number of hydrogen-bond donors (Lipinski definition) is 1. The molecule has 0 bridgehead atoms. The topological polar surface area (TPSA) is 47.3 Å². The van der Waals surface area contributed by atoms with Crippen molar-refractivity contribution in [2.45, 2.75) is 45.8 Å². The fourth-order valence-corrected chi connectivity index (χ4v) is 1.72. The highest BCUT2D eigenvalue weighted by Gasteiger charge is 2.11. The summed E-state index contributed by atoms with van der Waals surface area (Å²) >= 11 is 0. The van der Waals surface area contributed by atoms with E-state index in [1.165, 1.54) is 0 Å². The van der Waals surface area contributed by atoms with Crippen molar-refractivity contribution in [2.24, 2.45) is 0 Å². The molecule has 0 aliphatic heterocycles. The van der Waals surface area contributed by atoms with Crippen LogP contribution in [0.1, 0.15) is 31.7 Å². The van der Waals surface area contributed by atoms with Gasteiger partial charge in [0.1, 0.15) is 0 Å². The van der Waals surface area contributed by atoms with Gasteiger partial charge in [-0.1, -0.05) is 6.92 Å². The highest BCUT2D eigenvalue weighted by Crippen LogP contribution is 2.10. The van der Waals surface area contributed by atoms with Crippen molar-refractivity contribution in [2.75, 3.05) is 13.7 Å². The van der Waals surface area contributed by atoms with Gasteiger partial charge in [-0.2, -0.15) is 5.10 Å². The Balaban J connectivity index is 2.60. The smallest absolute Gasteiger partial charge is 0.0624 e. The lowest BCUT2D eigenvalue weighted by Crippen LogP contribution is -2.16. The molecule has 1 aromatic heterocycles. The molecule has 16 heavy (non-hydrogen) atoms. The van der Waals surface area contributed by atoms with Crippen LogP contribution in [0.25, 0.3) is 0 Å². The van der Waals surface area contributed by atoms with Crippen LogP contribution in [0, 0.1) is 0 Å². The van der Waals surface area contributed by atoms with Crippen molar-refractivity contribution in [1.29, 1.82) is 0 Å². The van der Waals surface area contributed by atoms with Crippen LogP contribution in [0.2, 0.25) is 0 Å². The number of nitrogens with zero attached hydrogens (tertiary/aromatic N) is 2. The molecule has 0 saturated carbocycles. The zero-order chi connectivity index (χ0) is 12.0. The van der Waals surface area contributed by atoms with Gasteiger partial charge in [0.05, 0.1) is 11.8 Å². The maximum Gasteiger partial charge on any atom is 0.0624 e. The first-order chi connectivity index (χ1) is 7.71. The average Bonchev–Trinajstić information content (AvgIpc) is 2.68. The Hall–Kier alpha value is -0.870. The number of aliphatic hydroxyl groups is 1. The number of aliphatic hydroxyl groups excluding tert-OH is 1. The minimum Gasteiger partial charge on any atom is -0.393 e. The second kappa shape index (κ2) is 6.66. The fraction of sp³-hybridized carbons (Fsp3) is 0.750. The van der Waals surface area contributed by atoms with E-state index in [-0.39, 0.29) is 6.10 Å². The van der Waals surface area contributed by atoms with Gasteiger partial charge in [-0.25, -0.2) is 0 Å². The number of ether oxygens (including phenoxy) is 1.